The van der Waals surface area contributed by atoms with Gasteiger partial charge >= 0.3 is 0 Å². The standard InChI is InChI=1S/C20H29N5O/c1-14-5-7-18(8-6-14)25-17(4)19(22-23-25)20(26)21-13-16(3)24-11-9-15(2)10-12-24/h5-8,15-16H,9-13H2,1-4H3,(H,21,26). The summed E-state index contributed by atoms with van der Waals surface area (Å²) >= 11 is 0. The van der Waals surface area contributed by atoms with E-state index in [2.05, 4.69) is 34.4 Å². The molecule has 2 aromatic rings. The van der Waals surface area contributed by atoms with Crippen LogP contribution in [0.4, 0.5) is 0 Å². The second-order valence-corrected chi connectivity index (χ2v) is 7.55. The van der Waals surface area contributed by atoms with Crippen LogP contribution in [-0.4, -0.2) is 51.5 Å². The van der Waals surface area contributed by atoms with E-state index in [4.69, 9.17) is 0 Å². The molecule has 1 amide bonds. The lowest BCUT2D eigenvalue weighted by Crippen LogP contribution is -2.45. The van der Waals surface area contributed by atoms with E-state index in [9.17, 15) is 4.79 Å². The smallest absolute Gasteiger partial charge is 0.273 e. The first-order valence-corrected chi connectivity index (χ1v) is 9.47. The molecule has 0 aliphatic carbocycles. The van der Waals surface area contributed by atoms with E-state index in [1.54, 1.807) is 4.68 Å². The maximum atomic E-state index is 12.6. The van der Waals surface area contributed by atoms with E-state index >= 15 is 0 Å². The third kappa shape index (κ3) is 4.12. The van der Waals surface area contributed by atoms with Gasteiger partial charge in [-0.15, -0.1) is 5.10 Å². The van der Waals surface area contributed by atoms with Gasteiger partial charge in [0.1, 0.15) is 0 Å². The summed E-state index contributed by atoms with van der Waals surface area (Å²) in [6, 6.07) is 8.35. The van der Waals surface area contributed by atoms with Gasteiger partial charge in [0.05, 0.1) is 11.4 Å². The number of likely N-dealkylation sites (tertiary alicyclic amines) is 1. The van der Waals surface area contributed by atoms with Gasteiger partial charge in [-0.3, -0.25) is 9.69 Å². The van der Waals surface area contributed by atoms with Gasteiger partial charge in [0.25, 0.3) is 5.91 Å². The van der Waals surface area contributed by atoms with Crippen LogP contribution < -0.4 is 5.32 Å². The molecule has 0 radical (unpaired) electrons. The van der Waals surface area contributed by atoms with Crippen molar-refractivity contribution in [1.82, 2.24) is 25.2 Å². The lowest BCUT2D eigenvalue weighted by molar-refractivity contribution is 0.0916. The summed E-state index contributed by atoms with van der Waals surface area (Å²) in [6.07, 6.45) is 2.48. The average Bonchev–Trinajstić information content (AvgIpc) is 3.02. The van der Waals surface area contributed by atoms with Crippen LogP contribution in [0, 0.1) is 19.8 Å². The van der Waals surface area contributed by atoms with Crippen LogP contribution in [0.5, 0.6) is 0 Å². The number of piperidine rings is 1. The van der Waals surface area contributed by atoms with Crippen molar-refractivity contribution < 1.29 is 4.79 Å². The maximum absolute atomic E-state index is 12.6. The molecule has 1 atom stereocenters. The van der Waals surface area contributed by atoms with Crippen LogP contribution in [0.15, 0.2) is 24.3 Å². The van der Waals surface area contributed by atoms with E-state index in [1.165, 1.54) is 18.4 Å². The molecule has 1 aliphatic rings. The summed E-state index contributed by atoms with van der Waals surface area (Å²) in [5.74, 6) is 0.658. The first-order chi connectivity index (χ1) is 12.5. The van der Waals surface area contributed by atoms with Gasteiger partial charge in [-0.1, -0.05) is 29.8 Å². The monoisotopic (exact) mass is 355 g/mol. The minimum absolute atomic E-state index is 0.155. The van der Waals surface area contributed by atoms with E-state index in [0.717, 1.165) is 30.4 Å². The third-order valence-corrected chi connectivity index (χ3v) is 5.39. The first-order valence-electron chi connectivity index (χ1n) is 9.47. The summed E-state index contributed by atoms with van der Waals surface area (Å²) in [6.45, 7) is 11.3. The highest BCUT2D eigenvalue weighted by Crippen LogP contribution is 2.18. The summed E-state index contributed by atoms with van der Waals surface area (Å²) in [5, 5.41) is 11.3. The SMILES string of the molecule is Cc1ccc(-n2nnc(C(=O)NCC(C)N3CCC(C)CC3)c2C)cc1. The van der Waals surface area contributed by atoms with Crippen molar-refractivity contribution in [3.63, 3.8) is 0 Å². The Morgan fingerprint density at radius 1 is 1.23 bits per heavy atom. The lowest BCUT2D eigenvalue weighted by atomic mass is 9.98. The predicted molar refractivity (Wildman–Crippen MR) is 103 cm³/mol. The topological polar surface area (TPSA) is 63.1 Å². The highest BCUT2D eigenvalue weighted by molar-refractivity contribution is 5.93. The molecule has 1 saturated heterocycles. The second kappa shape index (κ2) is 7.99. The number of nitrogens with one attached hydrogen (secondary N) is 1. The molecule has 1 aliphatic heterocycles. The molecule has 1 aromatic heterocycles. The number of amides is 1. The molecule has 0 saturated carbocycles. The Morgan fingerprint density at radius 3 is 2.54 bits per heavy atom. The predicted octanol–water partition coefficient (Wildman–Crippen LogP) is 2.73. The zero-order chi connectivity index (χ0) is 18.7. The van der Waals surface area contributed by atoms with Gasteiger partial charge in [-0.2, -0.15) is 0 Å². The molecule has 0 spiro atoms. The van der Waals surface area contributed by atoms with Crippen molar-refractivity contribution >= 4 is 5.91 Å². The number of carbonyl (C=O) groups is 1. The normalized spacial score (nSPS) is 17.2. The highest BCUT2D eigenvalue weighted by Gasteiger charge is 2.22. The fourth-order valence-electron chi connectivity index (χ4n) is 3.39. The fraction of sp³-hybridized carbons (Fsp3) is 0.550. The van der Waals surface area contributed by atoms with Gasteiger partial charge < -0.3 is 5.32 Å². The highest BCUT2D eigenvalue weighted by atomic mass is 16.2. The number of rotatable bonds is 5. The number of carbonyl (C=O) groups excluding carboxylic acids is 1. The zero-order valence-electron chi connectivity index (χ0n) is 16.2. The molecular weight excluding hydrogens is 326 g/mol. The number of hydrogen-bond acceptors (Lipinski definition) is 4. The lowest BCUT2D eigenvalue weighted by Gasteiger charge is -2.34. The minimum Gasteiger partial charge on any atom is -0.349 e. The molecule has 0 bridgehead atoms. The number of aromatic nitrogens is 3. The first kappa shape index (κ1) is 18.6. The van der Waals surface area contributed by atoms with E-state index in [1.807, 2.05) is 38.1 Å². The molecule has 6 nitrogen and oxygen atoms in total. The minimum atomic E-state index is -0.155. The van der Waals surface area contributed by atoms with E-state index in [0.29, 0.717) is 18.3 Å². The van der Waals surface area contributed by atoms with Crippen molar-refractivity contribution in [1.29, 1.82) is 0 Å². The van der Waals surface area contributed by atoms with E-state index < -0.39 is 0 Å². The van der Waals surface area contributed by atoms with Crippen LogP contribution in [-0.2, 0) is 0 Å². The van der Waals surface area contributed by atoms with E-state index in [-0.39, 0.29) is 5.91 Å². The van der Waals surface area contributed by atoms with Crippen LogP contribution in [0.2, 0.25) is 0 Å². The molecule has 2 heterocycles. The summed E-state index contributed by atoms with van der Waals surface area (Å²) in [7, 11) is 0. The molecule has 1 aromatic carbocycles. The van der Waals surface area contributed by atoms with Crippen LogP contribution in [0.3, 0.4) is 0 Å². The number of benzene rings is 1. The van der Waals surface area contributed by atoms with Gasteiger partial charge in [0.2, 0.25) is 0 Å². The summed E-state index contributed by atoms with van der Waals surface area (Å²) in [5.41, 5.74) is 3.25. The van der Waals surface area contributed by atoms with Crippen LogP contribution >= 0.6 is 0 Å². The van der Waals surface area contributed by atoms with Crippen molar-refractivity contribution in [2.24, 2.45) is 5.92 Å². The number of aryl methyl sites for hydroxylation is 1. The third-order valence-electron chi connectivity index (χ3n) is 5.39. The van der Waals surface area contributed by atoms with Crippen molar-refractivity contribution in [2.45, 2.75) is 46.6 Å². The molecule has 26 heavy (non-hydrogen) atoms. The average molecular weight is 355 g/mol. The quantitative estimate of drug-likeness (QED) is 0.896. The molecule has 6 heteroatoms. The summed E-state index contributed by atoms with van der Waals surface area (Å²) in [4.78, 5) is 15.0. The zero-order valence-corrected chi connectivity index (χ0v) is 16.2. The molecule has 1 fully saturated rings. The Bertz CT molecular complexity index is 744. The van der Waals surface area contributed by atoms with Crippen LogP contribution in [0.1, 0.15) is 48.4 Å². The Kier molecular flexibility index (Phi) is 5.71. The van der Waals surface area contributed by atoms with Gasteiger partial charge in [-0.05, 0) is 64.8 Å². The van der Waals surface area contributed by atoms with Gasteiger partial charge in [0, 0.05) is 12.6 Å². The number of nitrogens with zero attached hydrogens (tertiary/aromatic N) is 4. The van der Waals surface area contributed by atoms with Crippen molar-refractivity contribution in [3.05, 3.63) is 41.2 Å². The summed E-state index contributed by atoms with van der Waals surface area (Å²) < 4.78 is 1.71. The Balaban J connectivity index is 1.61. The molecule has 1 N–H and O–H groups in total. The Morgan fingerprint density at radius 2 is 1.88 bits per heavy atom. The molecule has 1 unspecified atom stereocenters. The van der Waals surface area contributed by atoms with Gasteiger partial charge in [0.15, 0.2) is 5.69 Å². The van der Waals surface area contributed by atoms with Crippen molar-refractivity contribution in [2.75, 3.05) is 19.6 Å². The van der Waals surface area contributed by atoms with Crippen LogP contribution in [0.25, 0.3) is 5.69 Å². The Labute approximate surface area is 155 Å². The second-order valence-electron chi connectivity index (χ2n) is 7.55. The van der Waals surface area contributed by atoms with Crippen molar-refractivity contribution in [3.8, 4) is 5.69 Å². The molecule has 3 rings (SSSR count). The van der Waals surface area contributed by atoms with Gasteiger partial charge in [-0.25, -0.2) is 4.68 Å². The Hall–Kier alpha value is -2.21. The number of hydrogen-bond donors (Lipinski definition) is 1. The fourth-order valence-corrected chi connectivity index (χ4v) is 3.39. The molecular formula is C20H29N5O. The maximum Gasteiger partial charge on any atom is 0.273 e. The largest absolute Gasteiger partial charge is 0.349 e. The molecule has 140 valence electrons.